The average molecular weight is 327 g/mol. The summed E-state index contributed by atoms with van der Waals surface area (Å²) in [5.74, 6) is 0.662. The second-order valence-corrected chi connectivity index (χ2v) is 6.89. The first kappa shape index (κ1) is 16.1. The Hall–Kier alpha value is -1.77. The fraction of sp³-hybridized carbons (Fsp3) is 0.300. The van der Waals surface area contributed by atoms with E-state index in [0.29, 0.717) is 5.92 Å². The van der Waals surface area contributed by atoms with Crippen LogP contribution in [0.2, 0.25) is 5.02 Å². The number of benzene rings is 2. The lowest BCUT2D eigenvalue weighted by atomic mass is 10.1. The number of nitrogens with zero attached hydrogens (tertiary/aromatic N) is 1. The van der Waals surface area contributed by atoms with Gasteiger partial charge in [0.25, 0.3) is 0 Å². The lowest BCUT2D eigenvalue weighted by Crippen LogP contribution is -2.18. The van der Waals surface area contributed by atoms with Crippen LogP contribution >= 0.6 is 11.6 Å². The SMILES string of the molecule is CC(C)CNCc1cn(Cc2cccc(Cl)c2)c2ccccc12. The molecule has 0 atom stereocenters. The predicted molar refractivity (Wildman–Crippen MR) is 99.0 cm³/mol. The third-order valence-corrected chi connectivity index (χ3v) is 4.22. The highest BCUT2D eigenvalue weighted by molar-refractivity contribution is 6.30. The first-order valence-electron chi connectivity index (χ1n) is 8.15. The number of para-hydroxylation sites is 1. The van der Waals surface area contributed by atoms with Crippen LogP contribution in [0.3, 0.4) is 0 Å². The van der Waals surface area contributed by atoms with Crippen LogP contribution in [0.15, 0.2) is 54.7 Å². The summed E-state index contributed by atoms with van der Waals surface area (Å²) >= 11 is 6.11. The molecule has 0 aliphatic rings. The highest BCUT2D eigenvalue weighted by Gasteiger charge is 2.08. The minimum Gasteiger partial charge on any atom is -0.343 e. The number of rotatable bonds is 6. The average Bonchev–Trinajstić information content (AvgIpc) is 2.85. The highest BCUT2D eigenvalue weighted by Crippen LogP contribution is 2.23. The summed E-state index contributed by atoms with van der Waals surface area (Å²) < 4.78 is 2.31. The number of fused-ring (bicyclic) bond motifs is 1. The van der Waals surface area contributed by atoms with E-state index in [1.807, 2.05) is 18.2 Å². The Bertz CT molecular complexity index is 789. The topological polar surface area (TPSA) is 17.0 Å². The lowest BCUT2D eigenvalue weighted by molar-refractivity contribution is 0.553. The van der Waals surface area contributed by atoms with Crippen LogP contribution in [0.4, 0.5) is 0 Å². The van der Waals surface area contributed by atoms with E-state index in [9.17, 15) is 0 Å². The largest absolute Gasteiger partial charge is 0.343 e. The normalized spacial score (nSPS) is 11.5. The van der Waals surface area contributed by atoms with Crippen molar-refractivity contribution in [1.29, 1.82) is 0 Å². The van der Waals surface area contributed by atoms with Gasteiger partial charge in [0.05, 0.1) is 0 Å². The van der Waals surface area contributed by atoms with Crippen molar-refractivity contribution in [3.63, 3.8) is 0 Å². The Morgan fingerprint density at radius 1 is 1.09 bits per heavy atom. The van der Waals surface area contributed by atoms with E-state index in [2.05, 4.69) is 60.3 Å². The molecule has 0 spiro atoms. The van der Waals surface area contributed by atoms with Gasteiger partial charge in [0.1, 0.15) is 0 Å². The van der Waals surface area contributed by atoms with E-state index in [0.717, 1.165) is 24.7 Å². The molecule has 23 heavy (non-hydrogen) atoms. The number of aromatic nitrogens is 1. The maximum Gasteiger partial charge on any atom is 0.0486 e. The standard InChI is InChI=1S/C20H23ClN2/c1-15(2)11-22-12-17-14-23(20-9-4-3-8-19(17)20)13-16-6-5-7-18(21)10-16/h3-10,14-15,22H,11-13H2,1-2H3. The molecule has 0 aliphatic carbocycles. The molecule has 2 aromatic carbocycles. The molecule has 3 heteroatoms. The quantitative estimate of drug-likeness (QED) is 0.667. The molecule has 0 saturated carbocycles. The van der Waals surface area contributed by atoms with Gasteiger partial charge in [-0.25, -0.2) is 0 Å². The molecule has 0 aliphatic heterocycles. The minimum atomic E-state index is 0.662. The fourth-order valence-corrected chi connectivity index (χ4v) is 3.13. The Morgan fingerprint density at radius 3 is 2.70 bits per heavy atom. The molecule has 0 fully saturated rings. The van der Waals surface area contributed by atoms with Crippen LogP contribution in [-0.2, 0) is 13.1 Å². The Balaban J connectivity index is 1.88. The molecule has 1 heterocycles. The first-order valence-corrected chi connectivity index (χ1v) is 8.53. The van der Waals surface area contributed by atoms with E-state index in [-0.39, 0.29) is 0 Å². The summed E-state index contributed by atoms with van der Waals surface area (Å²) in [6, 6.07) is 16.7. The van der Waals surface area contributed by atoms with Gasteiger partial charge in [-0.05, 0) is 41.8 Å². The van der Waals surface area contributed by atoms with Crippen molar-refractivity contribution in [2.24, 2.45) is 5.92 Å². The van der Waals surface area contributed by atoms with E-state index >= 15 is 0 Å². The molecule has 120 valence electrons. The fourth-order valence-electron chi connectivity index (χ4n) is 2.92. The summed E-state index contributed by atoms with van der Waals surface area (Å²) in [6.07, 6.45) is 2.26. The molecule has 2 nitrogen and oxygen atoms in total. The molecule has 0 radical (unpaired) electrons. The molecule has 3 rings (SSSR count). The molecule has 0 unspecified atom stereocenters. The highest BCUT2D eigenvalue weighted by atomic mass is 35.5. The van der Waals surface area contributed by atoms with Crippen LogP contribution in [0.25, 0.3) is 10.9 Å². The smallest absolute Gasteiger partial charge is 0.0486 e. The zero-order valence-electron chi connectivity index (χ0n) is 13.7. The van der Waals surface area contributed by atoms with Gasteiger partial charge in [0.15, 0.2) is 0 Å². The Morgan fingerprint density at radius 2 is 1.91 bits per heavy atom. The van der Waals surface area contributed by atoms with E-state index in [1.54, 1.807) is 0 Å². The van der Waals surface area contributed by atoms with Gasteiger partial charge < -0.3 is 9.88 Å². The number of nitrogens with one attached hydrogen (secondary N) is 1. The van der Waals surface area contributed by atoms with Gasteiger partial charge in [-0.1, -0.05) is 55.8 Å². The summed E-state index contributed by atoms with van der Waals surface area (Å²) in [7, 11) is 0. The molecule has 1 aromatic heterocycles. The van der Waals surface area contributed by atoms with Crippen LogP contribution < -0.4 is 5.32 Å². The maximum atomic E-state index is 6.11. The van der Waals surface area contributed by atoms with Crippen LogP contribution in [0, 0.1) is 5.92 Å². The number of halogens is 1. The summed E-state index contributed by atoms with van der Waals surface area (Å²) in [4.78, 5) is 0. The van der Waals surface area contributed by atoms with Crippen molar-refractivity contribution < 1.29 is 0 Å². The molecule has 3 aromatic rings. The lowest BCUT2D eigenvalue weighted by Gasteiger charge is -2.06. The monoisotopic (exact) mass is 326 g/mol. The van der Waals surface area contributed by atoms with Gasteiger partial charge in [-0.2, -0.15) is 0 Å². The van der Waals surface area contributed by atoms with Crippen LogP contribution in [0.1, 0.15) is 25.0 Å². The first-order chi connectivity index (χ1) is 11.1. The molecule has 1 N–H and O–H groups in total. The molecule has 0 amide bonds. The second kappa shape index (κ2) is 7.20. The van der Waals surface area contributed by atoms with Crippen LogP contribution in [0.5, 0.6) is 0 Å². The maximum absolute atomic E-state index is 6.11. The summed E-state index contributed by atoms with van der Waals surface area (Å²) in [5.41, 5.74) is 3.84. The van der Waals surface area contributed by atoms with E-state index in [4.69, 9.17) is 11.6 Å². The van der Waals surface area contributed by atoms with E-state index < -0.39 is 0 Å². The van der Waals surface area contributed by atoms with Crippen molar-refractivity contribution in [3.8, 4) is 0 Å². The molecule has 0 bridgehead atoms. The second-order valence-electron chi connectivity index (χ2n) is 6.45. The zero-order valence-corrected chi connectivity index (χ0v) is 14.5. The van der Waals surface area contributed by atoms with Gasteiger partial charge in [-0.15, -0.1) is 0 Å². The minimum absolute atomic E-state index is 0.662. The van der Waals surface area contributed by atoms with Gasteiger partial charge >= 0.3 is 0 Å². The van der Waals surface area contributed by atoms with Crippen molar-refractivity contribution in [1.82, 2.24) is 9.88 Å². The molecule has 0 saturated heterocycles. The number of hydrogen-bond donors (Lipinski definition) is 1. The van der Waals surface area contributed by atoms with Gasteiger partial charge in [0, 0.05) is 35.2 Å². The number of hydrogen-bond acceptors (Lipinski definition) is 1. The Kier molecular flexibility index (Phi) is 5.04. The third kappa shape index (κ3) is 3.95. The van der Waals surface area contributed by atoms with Crippen molar-refractivity contribution in [2.75, 3.05) is 6.54 Å². The van der Waals surface area contributed by atoms with Crippen molar-refractivity contribution >= 4 is 22.5 Å². The summed E-state index contributed by atoms with van der Waals surface area (Å²) in [6.45, 7) is 7.24. The van der Waals surface area contributed by atoms with E-state index in [1.165, 1.54) is 22.0 Å². The Labute approximate surface area is 143 Å². The molecular weight excluding hydrogens is 304 g/mol. The third-order valence-electron chi connectivity index (χ3n) is 3.98. The van der Waals surface area contributed by atoms with Gasteiger partial charge in [-0.3, -0.25) is 0 Å². The summed E-state index contributed by atoms with van der Waals surface area (Å²) in [5, 5.41) is 5.66. The predicted octanol–water partition coefficient (Wildman–Crippen LogP) is 5.09. The van der Waals surface area contributed by atoms with Gasteiger partial charge in [0.2, 0.25) is 0 Å². The zero-order chi connectivity index (χ0) is 16.2. The van der Waals surface area contributed by atoms with Crippen LogP contribution in [-0.4, -0.2) is 11.1 Å². The molecular formula is C20H23ClN2. The van der Waals surface area contributed by atoms with Crippen molar-refractivity contribution in [2.45, 2.75) is 26.9 Å². The van der Waals surface area contributed by atoms with Crippen molar-refractivity contribution in [3.05, 3.63) is 70.9 Å².